The van der Waals surface area contributed by atoms with Gasteiger partial charge in [-0.1, -0.05) is 18.2 Å². The first kappa shape index (κ1) is 13.3. The third kappa shape index (κ3) is 3.20. The number of aryl methyl sites for hydroxylation is 1. The van der Waals surface area contributed by atoms with Crippen LogP contribution in [0.4, 0.5) is 0 Å². The van der Waals surface area contributed by atoms with E-state index in [2.05, 4.69) is 13.0 Å². The van der Waals surface area contributed by atoms with Crippen LogP contribution in [-0.4, -0.2) is 18.5 Å². The van der Waals surface area contributed by atoms with Crippen molar-refractivity contribution >= 4 is 5.78 Å². The van der Waals surface area contributed by atoms with Crippen LogP contribution in [0.3, 0.4) is 0 Å². The zero-order chi connectivity index (χ0) is 13.0. The molecular weight excluding hydrogens is 224 g/mol. The Morgan fingerprint density at radius 1 is 1.33 bits per heavy atom. The van der Waals surface area contributed by atoms with E-state index in [9.17, 15) is 4.79 Å². The minimum Gasteiger partial charge on any atom is -0.378 e. The van der Waals surface area contributed by atoms with E-state index in [0.29, 0.717) is 12.5 Å². The van der Waals surface area contributed by atoms with Gasteiger partial charge in [0, 0.05) is 18.6 Å². The molecule has 1 saturated heterocycles. The first-order valence-corrected chi connectivity index (χ1v) is 6.89. The van der Waals surface area contributed by atoms with E-state index in [1.807, 2.05) is 19.1 Å². The Bertz CT molecular complexity index is 417. The number of carbonyl (C=O) groups is 1. The summed E-state index contributed by atoms with van der Waals surface area (Å²) in [5, 5.41) is 0. The first-order chi connectivity index (χ1) is 8.68. The second kappa shape index (κ2) is 6.14. The quantitative estimate of drug-likeness (QED) is 0.755. The van der Waals surface area contributed by atoms with Gasteiger partial charge < -0.3 is 4.74 Å². The van der Waals surface area contributed by atoms with Crippen molar-refractivity contribution in [3.63, 3.8) is 0 Å². The molecule has 0 spiro atoms. The van der Waals surface area contributed by atoms with Crippen molar-refractivity contribution in [1.82, 2.24) is 0 Å². The largest absolute Gasteiger partial charge is 0.378 e. The van der Waals surface area contributed by atoms with Gasteiger partial charge in [0.15, 0.2) is 5.78 Å². The van der Waals surface area contributed by atoms with E-state index in [-0.39, 0.29) is 5.78 Å². The normalized spacial score (nSPS) is 19.8. The van der Waals surface area contributed by atoms with Crippen molar-refractivity contribution < 1.29 is 9.53 Å². The predicted octanol–water partition coefficient (Wildman–Crippen LogP) is 3.84. The summed E-state index contributed by atoms with van der Waals surface area (Å²) >= 11 is 0. The van der Waals surface area contributed by atoms with E-state index in [0.717, 1.165) is 30.6 Å². The molecule has 0 aliphatic carbocycles. The van der Waals surface area contributed by atoms with Crippen molar-refractivity contribution in [3.05, 3.63) is 34.9 Å². The molecule has 1 unspecified atom stereocenters. The van der Waals surface area contributed by atoms with Gasteiger partial charge in [-0.25, -0.2) is 0 Å². The standard InChI is InChI=1S/C16H22O2/c1-12-6-5-8-15(13(12)2)16(17)10-9-14-7-3-4-11-18-14/h5-6,8,14H,3-4,7,9-11H2,1-2H3. The predicted molar refractivity (Wildman–Crippen MR) is 73.1 cm³/mol. The molecule has 18 heavy (non-hydrogen) atoms. The molecule has 98 valence electrons. The number of hydrogen-bond donors (Lipinski definition) is 0. The molecule has 0 saturated carbocycles. The van der Waals surface area contributed by atoms with Crippen LogP contribution in [-0.2, 0) is 4.74 Å². The van der Waals surface area contributed by atoms with Crippen LogP contribution >= 0.6 is 0 Å². The summed E-state index contributed by atoms with van der Waals surface area (Å²) in [6.07, 6.45) is 5.29. The molecular formula is C16H22O2. The minimum absolute atomic E-state index is 0.255. The highest BCUT2D eigenvalue weighted by atomic mass is 16.5. The lowest BCUT2D eigenvalue weighted by molar-refractivity contribution is 0.0104. The lowest BCUT2D eigenvalue weighted by atomic mass is 9.96. The van der Waals surface area contributed by atoms with Crippen molar-refractivity contribution in [2.75, 3.05) is 6.61 Å². The van der Waals surface area contributed by atoms with E-state index >= 15 is 0 Å². The van der Waals surface area contributed by atoms with Crippen molar-refractivity contribution in [1.29, 1.82) is 0 Å². The Labute approximate surface area is 109 Å². The second-order valence-electron chi connectivity index (χ2n) is 5.20. The van der Waals surface area contributed by atoms with Gasteiger partial charge in [-0.05, 0) is 50.7 Å². The third-order valence-electron chi connectivity index (χ3n) is 3.87. The van der Waals surface area contributed by atoms with E-state index in [1.165, 1.54) is 18.4 Å². The molecule has 1 fully saturated rings. The molecule has 1 aliphatic rings. The number of ketones is 1. The SMILES string of the molecule is Cc1cccc(C(=O)CCC2CCCCO2)c1C. The second-order valence-corrected chi connectivity index (χ2v) is 5.20. The maximum absolute atomic E-state index is 12.2. The summed E-state index contributed by atoms with van der Waals surface area (Å²) in [6, 6.07) is 5.95. The van der Waals surface area contributed by atoms with Crippen molar-refractivity contribution in [3.8, 4) is 0 Å². The van der Waals surface area contributed by atoms with Crippen LogP contribution in [0.15, 0.2) is 18.2 Å². The number of hydrogen-bond acceptors (Lipinski definition) is 2. The highest BCUT2D eigenvalue weighted by Gasteiger charge is 2.17. The summed E-state index contributed by atoms with van der Waals surface area (Å²) in [7, 11) is 0. The summed E-state index contributed by atoms with van der Waals surface area (Å²) in [5.74, 6) is 0.255. The Balaban J connectivity index is 1.93. The fourth-order valence-corrected chi connectivity index (χ4v) is 2.51. The van der Waals surface area contributed by atoms with Crippen molar-refractivity contribution in [2.24, 2.45) is 0 Å². The van der Waals surface area contributed by atoms with Crippen LogP contribution in [0.25, 0.3) is 0 Å². The highest BCUT2D eigenvalue weighted by molar-refractivity contribution is 5.97. The molecule has 2 rings (SSSR count). The Kier molecular flexibility index (Phi) is 4.54. The van der Waals surface area contributed by atoms with Gasteiger partial charge in [-0.3, -0.25) is 4.79 Å². The monoisotopic (exact) mass is 246 g/mol. The molecule has 2 heteroatoms. The van der Waals surface area contributed by atoms with Gasteiger partial charge >= 0.3 is 0 Å². The molecule has 1 aromatic carbocycles. The molecule has 0 amide bonds. The van der Waals surface area contributed by atoms with E-state index in [1.54, 1.807) is 0 Å². The summed E-state index contributed by atoms with van der Waals surface area (Å²) in [5.41, 5.74) is 3.19. The lowest BCUT2D eigenvalue weighted by Crippen LogP contribution is -2.20. The van der Waals surface area contributed by atoms with Crippen LogP contribution in [0.2, 0.25) is 0 Å². The van der Waals surface area contributed by atoms with Crippen LogP contribution in [0.5, 0.6) is 0 Å². The molecule has 1 atom stereocenters. The molecule has 1 aliphatic heterocycles. The van der Waals surface area contributed by atoms with Gasteiger partial charge in [-0.2, -0.15) is 0 Å². The summed E-state index contributed by atoms with van der Waals surface area (Å²) in [4.78, 5) is 12.2. The van der Waals surface area contributed by atoms with Crippen molar-refractivity contribution in [2.45, 2.75) is 52.1 Å². The molecule has 0 N–H and O–H groups in total. The maximum Gasteiger partial charge on any atom is 0.163 e. The van der Waals surface area contributed by atoms with Crippen LogP contribution in [0.1, 0.15) is 53.6 Å². The number of carbonyl (C=O) groups excluding carboxylic acids is 1. The van der Waals surface area contributed by atoms with Crippen LogP contribution in [0, 0.1) is 13.8 Å². The number of ether oxygens (including phenoxy) is 1. The smallest absolute Gasteiger partial charge is 0.163 e. The van der Waals surface area contributed by atoms with Gasteiger partial charge in [0.2, 0.25) is 0 Å². The number of Topliss-reactive ketones (excluding diaryl/α,β-unsaturated/α-hetero) is 1. The zero-order valence-electron chi connectivity index (χ0n) is 11.4. The minimum atomic E-state index is 0.255. The van der Waals surface area contributed by atoms with Gasteiger partial charge in [-0.15, -0.1) is 0 Å². The molecule has 0 bridgehead atoms. The average molecular weight is 246 g/mol. The Morgan fingerprint density at radius 2 is 2.17 bits per heavy atom. The van der Waals surface area contributed by atoms with Gasteiger partial charge in [0.25, 0.3) is 0 Å². The van der Waals surface area contributed by atoms with Gasteiger partial charge in [0.05, 0.1) is 6.10 Å². The molecule has 0 radical (unpaired) electrons. The lowest BCUT2D eigenvalue weighted by Gasteiger charge is -2.22. The Morgan fingerprint density at radius 3 is 2.89 bits per heavy atom. The van der Waals surface area contributed by atoms with Crippen LogP contribution < -0.4 is 0 Å². The highest BCUT2D eigenvalue weighted by Crippen LogP contribution is 2.20. The molecule has 1 aromatic rings. The fourth-order valence-electron chi connectivity index (χ4n) is 2.51. The first-order valence-electron chi connectivity index (χ1n) is 6.89. The number of rotatable bonds is 4. The summed E-state index contributed by atoms with van der Waals surface area (Å²) in [6.45, 7) is 4.94. The van der Waals surface area contributed by atoms with Gasteiger partial charge in [0.1, 0.15) is 0 Å². The third-order valence-corrected chi connectivity index (χ3v) is 3.87. The molecule has 0 aromatic heterocycles. The van der Waals surface area contributed by atoms with E-state index in [4.69, 9.17) is 4.74 Å². The Hall–Kier alpha value is -1.15. The molecule has 2 nitrogen and oxygen atoms in total. The fraction of sp³-hybridized carbons (Fsp3) is 0.562. The molecule has 1 heterocycles. The number of benzene rings is 1. The summed E-state index contributed by atoms with van der Waals surface area (Å²) < 4.78 is 5.67. The average Bonchev–Trinajstić information content (AvgIpc) is 2.40. The van der Waals surface area contributed by atoms with E-state index < -0.39 is 0 Å². The zero-order valence-corrected chi connectivity index (χ0v) is 11.4. The topological polar surface area (TPSA) is 26.3 Å². The maximum atomic E-state index is 12.2.